The molecule has 3 nitrogen and oxygen atoms in total. The van der Waals surface area contributed by atoms with Crippen molar-refractivity contribution in [2.75, 3.05) is 0 Å². The summed E-state index contributed by atoms with van der Waals surface area (Å²) < 4.78 is 7.70. The lowest BCUT2D eigenvalue weighted by Crippen LogP contribution is -2.13. The van der Waals surface area contributed by atoms with Gasteiger partial charge in [0.25, 0.3) is 0 Å². The Morgan fingerprint density at radius 1 is 0.316 bits per heavy atom. The third kappa shape index (κ3) is 4.85. The van der Waals surface area contributed by atoms with Crippen LogP contribution in [0.4, 0.5) is 0 Å². The number of aromatic nitrogens is 3. The maximum Gasteiger partial charge on any atom is 0.0541 e. The van der Waals surface area contributed by atoms with Gasteiger partial charge in [0.2, 0.25) is 0 Å². The maximum absolute atomic E-state index is 2.63. The fraction of sp³-hybridized carbons (Fsp3) is 0.0741. The predicted octanol–water partition coefficient (Wildman–Crippen LogP) is 13.7. The quantitative estimate of drug-likeness (QED) is 0.168. The average molecular weight is 730 g/mol. The molecule has 0 fully saturated rings. The van der Waals surface area contributed by atoms with Crippen LogP contribution in [0.15, 0.2) is 188 Å². The summed E-state index contributed by atoms with van der Waals surface area (Å²) >= 11 is 0. The van der Waals surface area contributed by atoms with Gasteiger partial charge in [-0.15, -0.1) is 0 Å². The van der Waals surface area contributed by atoms with Crippen molar-refractivity contribution in [1.29, 1.82) is 0 Å². The highest BCUT2D eigenvalue weighted by molar-refractivity contribution is 6.12. The zero-order valence-electron chi connectivity index (χ0n) is 31.6. The Hall–Kier alpha value is -7.10. The van der Waals surface area contributed by atoms with Gasteiger partial charge in [-0.1, -0.05) is 146 Å². The highest BCUT2D eigenvalue weighted by atomic mass is 15.1. The molecule has 0 atom stereocenters. The van der Waals surface area contributed by atoms with E-state index in [-0.39, 0.29) is 0 Å². The van der Waals surface area contributed by atoms with E-state index in [2.05, 4.69) is 202 Å². The Bertz CT molecular complexity index is 3240. The number of fused-ring (bicyclic) bond motifs is 9. The van der Waals surface area contributed by atoms with Crippen LogP contribution in [0.5, 0.6) is 0 Å². The molecular weight excluding hydrogens is 691 g/mol. The summed E-state index contributed by atoms with van der Waals surface area (Å²) in [6.45, 7) is 0. The summed E-state index contributed by atoms with van der Waals surface area (Å²) in [5.41, 5.74) is 19.2. The Kier molecular flexibility index (Phi) is 7.18. The minimum Gasteiger partial charge on any atom is -0.313 e. The Labute approximate surface area is 331 Å². The minimum atomic E-state index is 0.980. The monoisotopic (exact) mass is 729 g/mol. The fourth-order valence-electron chi connectivity index (χ4n) is 10.0. The largest absolute Gasteiger partial charge is 0.313 e. The Balaban J connectivity index is 1.04. The normalized spacial score (nSPS) is 13.9. The zero-order chi connectivity index (χ0) is 37.5. The summed E-state index contributed by atoms with van der Waals surface area (Å²) in [6, 6.07) is 64.6. The average Bonchev–Trinajstić information content (AvgIpc) is 3.93. The highest BCUT2D eigenvalue weighted by Gasteiger charge is 2.31. The van der Waals surface area contributed by atoms with Crippen LogP contribution in [-0.2, 0) is 12.8 Å². The molecule has 0 bridgehead atoms. The van der Waals surface area contributed by atoms with Crippen molar-refractivity contribution in [3.8, 4) is 27.9 Å². The topological polar surface area (TPSA) is 14.8 Å². The highest BCUT2D eigenvalue weighted by Crippen LogP contribution is 2.46. The standard InChI is InChI=1S/C54H39N3/c1-2-16-36(17-3-1)37-18-12-19-38(34-37)39-20-13-21-40(35-39)55-47-28-10-6-24-43(47)53-49(55)30-14-32-51(53)57-48-29-11-7-25-44(48)54-50(31-15-33-52(54)57)56-45-26-8-4-22-41(45)42-23-5-9-27-46(42)56/h1-13,16-29,31-32,34-35H,14-15,30,33H2. The number of benzene rings is 7. The zero-order valence-corrected chi connectivity index (χ0v) is 31.6. The Morgan fingerprint density at radius 3 is 1.35 bits per heavy atom. The second-order valence-corrected chi connectivity index (χ2v) is 15.5. The molecule has 10 aromatic rings. The summed E-state index contributed by atoms with van der Waals surface area (Å²) in [5.74, 6) is 0. The molecule has 0 radical (unpaired) electrons. The van der Waals surface area contributed by atoms with Crippen molar-refractivity contribution in [2.24, 2.45) is 0 Å². The molecule has 0 saturated heterocycles. The van der Waals surface area contributed by atoms with E-state index in [4.69, 9.17) is 0 Å². The van der Waals surface area contributed by atoms with Crippen LogP contribution >= 0.6 is 0 Å². The van der Waals surface area contributed by atoms with Crippen molar-refractivity contribution in [3.63, 3.8) is 0 Å². The van der Waals surface area contributed by atoms with Gasteiger partial charge in [0.05, 0.1) is 33.5 Å². The lowest BCUT2D eigenvalue weighted by atomic mass is 9.96. The molecule has 0 spiro atoms. The van der Waals surface area contributed by atoms with Crippen LogP contribution in [0.25, 0.3) is 82.9 Å². The first-order valence-corrected chi connectivity index (χ1v) is 20.2. The number of allylic oxidation sites excluding steroid dienone is 2. The number of hydrogen-bond acceptors (Lipinski definition) is 0. The van der Waals surface area contributed by atoms with Crippen LogP contribution < -0.4 is 0 Å². The predicted molar refractivity (Wildman–Crippen MR) is 239 cm³/mol. The van der Waals surface area contributed by atoms with Crippen LogP contribution in [0.2, 0.25) is 0 Å². The first-order chi connectivity index (χ1) is 28.3. The number of rotatable bonds is 5. The lowest BCUT2D eigenvalue weighted by Gasteiger charge is -2.24. The molecular formula is C54H39N3. The van der Waals surface area contributed by atoms with Crippen LogP contribution in [0.3, 0.4) is 0 Å². The molecule has 57 heavy (non-hydrogen) atoms. The van der Waals surface area contributed by atoms with E-state index < -0.39 is 0 Å². The second kappa shape index (κ2) is 12.7. The molecule has 0 N–H and O–H groups in total. The van der Waals surface area contributed by atoms with Crippen molar-refractivity contribution >= 4 is 55.0 Å². The van der Waals surface area contributed by atoms with Gasteiger partial charge in [0.15, 0.2) is 0 Å². The van der Waals surface area contributed by atoms with E-state index in [9.17, 15) is 0 Å². The first-order valence-electron chi connectivity index (χ1n) is 20.2. The van der Waals surface area contributed by atoms with Gasteiger partial charge in [-0.3, -0.25) is 0 Å². The van der Waals surface area contributed by atoms with Gasteiger partial charge in [-0.2, -0.15) is 0 Å². The van der Waals surface area contributed by atoms with E-state index in [1.54, 1.807) is 0 Å². The third-order valence-electron chi connectivity index (χ3n) is 12.4. The summed E-state index contributed by atoms with van der Waals surface area (Å²) in [4.78, 5) is 0. The smallest absolute Gasteiger partial charge is 0.0541 e. The van der Waals surface area contributed by atoms with Crippen molar-refractivity contribution in [2.45, 2.75) is 25.7 Å². The number of para-hydroxylation sites is 4. The number of hydrogen-bond donors (Lipinski definition) is 0. The molecule has 0 amide bonds. The van der Waals surface area contributed by atoms with Crippen LogP contribution in [0.1, 0.15) is 35.4 Å². The van der Waals surface area contributed by atoms with Crippen molar-refractivity contribution in [1.82, 2.24) is 13.7 Å². The van der Waals surface area contributed by atoms with E-state index in [0.717, 1.165) is 25.7 Å². The molecule has 12 rings (SSSR count). The molecule has 3 heterocycles. The first kappa shape index (κ1) is 32.2. The van der Waals surface area contributed by atoms with Crippen molar-refractivity contribution < 1.29 is 0 Å². The van der Waals surface area contributed by atoms with Gasteiger partial charge >= 0.3 is 0 Å². The van der Waals surface area contributed by atoms with Gasteiger partial charge in [0, 0.05) is 49.7 Å². The second-order valence-electron chi connectivity index (χ2n) is 15.5. The number of nitrogens with zero attached hydrogens (tertiary/aromatic N) is 3. The Morgan fingerprint density at radius 2 is 0.737 bits per heavy atom. The molecule has 2 aliphatic carbocycles. The lowest BCUT2D eigenvalue weighted by molar-refractivity contribution is 0.847. The fourth-order valence-corrected chi connectivity index (χ4v) is 10.0. The van der Waals surface area contributed by atoms with E-state index in [1.807, 2.05) is 0 Å². The molecule has 270 valence electrons. The minimum absolute atomic E-state index is 0.980. The molecule has 3 heteroatoms. The van der Waals surface area contributed by atoms with Gasteiger partial charge in [-0.25, -0.2) is 0 Å². The van der Waals surface area contributed by atoms with Crippen LogP contribution in [-0.4, -0.2) is 13.7 Å². The summed E-state index contributed by atoms with van der Waals surface area (Å²) in [6.07, 6.45) is 8.92. The third-order valence-corrected chi connectivity index (χ3v) is 12.4. The van der Waals surface area contributed by atoms with Gasteiger partial charge < -0.3 is 13.7 Å². The van der Waals surface area contributed by atoms with Crippen LogP contribution in [0, 0.1) is 0 Å². The van der Waals surface area contributed by atoms with E-state index in [1.165, 1.54) is 105 Å². The molecule has 0 unspecified atom stereocenters. The van der Waals surface area contributed by atoms with Gasteiger partial charge in [-0.05, 0) is 90.4 Å². The summed E-state index contributed by atoms with van der Waals surface area (Å²) in [7, 11) is 0. The van der Waals surface area contributed by atoms with Gasteiger partial charge in [0.1, 0.15) is 0 Å². The molecule has 7 aromatic carbocycles. The van der Waals surface area contributed by atoms with E-state index >= 15 is 0 Å². The summed E-state index contributed by atoms with van der Waals surface area (Å²) in [5, 5.41) is 5.20. The molecule has 2 aliphatic rings. The van der Waals surface area contributed by atoms with Crippen molar-refractivity contribution in [3.05, 3.63) is 211 Å². The molecule has 3 aromatic heterocycles. The van der Waals surface area contributed by atoms with E-state index in [0.29, 0.717) is 0 Å². The molecule has 0 saturated carbocycles. The SMILES string of the molecule is C1=C(n2c3c(c4ccccc42)C(n2c4ccccc4c4ccccc42)=CCC3)c2c(n(-c3cccc(-c4cccc(-c5ccccc5)c4)c3)c3ccccc23)CC1. The molecule has 0 aliphatic heterocycles. The maximum atomic E-state index is 2.63.